The Hall–Kier alpha value is -5.28. The van der Waals surface area contributed by atoms with Gasteiger partial charge in [0.25, 0.3) is 0 Å². The summed E-state index contributed by atoms with van der Waals surface area (Å²) in [6.07, 6.45) is 6.94. The van der Waals surface area contributed by atoms with E-state index in [1.807, 2.05) is 78.9 Å². The highest BCUT2D eigenvalue weighted by Crippen LogP contribution is 2.43. The highest BCUT2D eigenvalue weighted by Gasteiger charge is 2.42. The van der Waals surface area contributed by atoms with Crippen LogP contribution in [-0.2, 0) is 19.9 Å². The number of hydrogen-bond donors (Lipinski definition) is 1. The fourth-order valence-electron chi connectivity index (χ4n) is 6.15. The summed E-state index contributed by atoms with van der Waals surface area (Å²) in [4.78, 5) is 27.3. The van der Waals surface area contributed by atoms with Crippen molar-refractivity contribution in [3.63, 3.8) is 0 Å². The maximum Gasteiger partial charge on any atom is 0.225 e. The number of rotatable bonds is 12. The van der Waals surface area contributed by atoms with Crippen LogP contribution >= 0.6 is 0 Å². The first-order valence-corrected chi connectivity index (χ1v) is 15.6. The van der Waals surface area contributed by atoms with E-state index in [9.17, 15) is 9.90 Å². The summed E-state index contributed by atoms with van der Waals surface area (Å²) in [5.74, 6) is 4.15. The highest BCUT2D eigenvalue weighted by molar-refractivity contribution is 5.97. The number of anilines is 1. The van der Waals surface area contributed by atoms with Crippen molar-refractivity contribution in [1.29, 1.82) is 0 Å². The van der Waals surface area contributed by atoms with Crippen molar-refractivity contribution < 1.29 is 28.8 Å². The van der Waals surface area contributed by atoms with Crippen LogP contribution in [0.1, 0.15) is 42.7 Å². The first-order chi connectivity index (χ1) is 23.4. The second kappa shape index (κ2) is 14.2. The third kappa shape index (κ3) is 6.21. The molecule has 0 saturated carbocycles. The molecule has 3 heterocycles. The van der Waals surface area contributed by atoms with Crippen molar-refractivity contribution in [2.45, 2.75) is 43.8 Å². The van der Waals surface area contributed by atoms with E-state index in [1.165, 1.54) is 18.2 Å². The molecule has 1 N–H and O–H groups in total. The Balaban J connectivity index is 1.33. The van der Waals surface area contributed by atoms with Gasteiger partial charge in [-0.05, 0) is 41.0 Å². The van der Waals surface area contributed by atoms with Gasteiger partial charge in [-0.3, -0.25) is 14.3 Å². The largest absolute Gasteiger partial charge is 0.497 e. The van der Waals surface area contributed by atoms with Gasteiger partial charge >= 0.3 is 0 Å². The van der Waals surface area contributed by atoms with Crippen LogP contribution in [0.5, 0.6) is 11.5 Å². The number of imidazole rings is 1. The zero-order valence-electron chi connectivity index (χ0n) is 27.0. The summed E-state index contributed by atoms with van der Waals surface area (Å²) in [5, 5.41) is 11.3. The Morgan fingerprint density at radius 2 is 1.60 bits per heavy atom. The van der Waals surface area contributed by atoms with Crippen molar-refractivity contribution in [2.75, 3.05) is 32.3 Å². The van der Waals surface area contributed by atoms with Gasteiger partial charge in [-0.25, -0.2) is 15.0 Å². The molecule has 0 bridgehead atoms. The van der Waals surface area contributed by atoms with E-state index in [2.05, 4.69) is 20.9 Å². The number of aliphatic hydroxyl groups excluding tert-OH is 1. The smallest absolute Gasteiger partial charge is 0.225 e. The van der Waals surface area contributed by atoms with Gasteiger partial charge in [-0.1, -0.05) is 54.6 Å². The molecule has 1 aliphatic rings. The van der Waals surface area contributed by atoms with Crippen LogP contribution in [0.3, 0.4) is 0 Å². The molecular weight excluding hydrogens is 610 g/mol. The molecule has 1 aliphatic heterocycles. The average molecular weight is 648 g/mol. The first-order valence-electron chi connectivity index (χ1n) is 15.6. The van der Waals surface area contributed by atoms with Crippen LogP contribution in [-0.4, -0.2) is 70.1 Å². The quantitative estimate of drug-likeness (QED) is 0.149. The number of aliphatic hydroxyl groups is 1. The maximum atomic E-state index is 12.4. The zero-order valence-corrected chi connectivity index (χ0v) is 27.0. The summed E-state index contributed by atoms with van der Waals surface area (Å²) >= 11 is 0. The molecule has 246 valence electrons. The third-order valence-corrected chi connectivity index (χ3v) is 8.61. The number of ether oxygens (including phenoxy) is 4. The number of methoxy groups -OCH3 is 2. The Morgan fingerprint density at radius 1 is 0.979 bits per heavy atom. The lowest BCUT2D eigenvalue weighted by molar-refractivity contribution is -0.116. The molecular formula is C37H37N5O6. The van der Waals surface area contributed by atoms with Crippen LogP contribution in [0, 0.1) is 12.3 Å². The monoisotopic (exact) mass is 647 g/mol. The standard InChI is InChI=1S/C37H37N5O6/c1-5-6-20-41(25(2)43)35-34-36(39-23-38-35)42(24-40-34)33-21-31(44)32(48-33)22-47-37(26-10-8-7-9-11-26,27-12-16-29(45-3)17-13-27)28-14-18-30(46-4)19-15-28/h1,7-19,23-24,31-33,44H,6,20-22H2,2-4H3/t31-,32+,33+/m0/s1. The fraction of sp³-hybridized carbons (Fsp3) is 0.297. The molecule has 3 aromatic carbocycles. The van der Waals surface area contributed by atoms with E-state index in [4.69, 9.17) is 25.4 Å². The number of fused-ring (bicyclic) bond motifs is 1. The second-order valence-electron chi connectivity index (χ2n) is 11.4. The number of carbonyl (C=O) groups excluding carboxylic acids is 1. The minimum Gasteiger partial charge on any atom is -0.497 e. The van der Waals surface area contributed by atoms with E-state index in [-0.39, 0.29) is 18.9 Å². The lowest BCUT2D eigenvalue weighted by atomic mass is 9.80. The van der Waals surface area contributed by atoms with Gasteiger partial charge < -0.3 is 24.1 Å². The predicted octanol–water partition coefficient (Wildman–Crippen LogP) is 4.88. The lowest BCUT2D eigenvalue weighted by Crippen LogP contribution is -2.38. The second-order valence-corrected chi connectivity index (χ2v) is 11.4. The van der Waals surface area contributed by atoms with Crippen molar-refractivity contribution >= 4 is 22.9 Å². The first kappa shape index (κ1) is 32.7. The summed E-state index contributed by atoms with van der Waals surface area (Å²) < 4.78 is 26.1. The molecule has 3 atom stereocenters. The summed E-state index contributed by atoms with van der Waals surface area (Å²) in [5.41, 5.74) is 2.47. The highest BCUT2D eigenvalue weighted by atomic mass is 16.6. The minimum atomic E-state index is -1.07. The maximum absolute atomic E-state index is 12.4. The van der Waals surface area contributed by atoms with Gasteiger partial charge in [0.1, 0.15) is 35.8 Å². The number of carbonyl (C=O) groups is 1. The zero-order chi connectivity index (χ0) is 33.7. The molecule has 1 saturated heterocycles. The normalized spacial score (nSPS) is 17.6. The summed E-state index contributed by atoms with van der Waals surface area (Å²) in [6.45, 7) is 1.81. The molecule has 0 spiro atoms. The van der Waals surface area contributed by atoms with Crippen LogP contribution in [0.25, 0.3) is 11.2 Å². The fourth-order valence-corrected chi connectivity index (χ4v) is 6.15. The number of hydrogen-bond acceptors (Lipinski definition) is 9. The third-order valence-electron chi connectivity index (χ3n) is 8.61. The van der Waals surface area contributed by atoms with Gasteiger partial charge in [0.15, 0.2) is 17.0 Å². The molecule has 1 fully saturated rings. The van der Waals surface area contributed by atoms with Crippen LogP contribution in [0.15, 0.2) is 91.5 Å². The SMILES string of the molecule is C#CCCN(C(C)=O)c1ncnc2c1ncn2[C@H]1C[C@H](O)[C@@H](COC(c2ccccc2)(c2ccc(OC)cc2)c2ccc(OC)cc2)O1. The van der Waals surface area contributed by atoms with Crippen molar-refractivity contribution in [1.82, 2.24) is 19.5 Å². The van der Waals surface area contributed by atoms with Gasteiger partial charge in [-0.15, -0.1) is 12.3 Å². The molecule has 6 rings (SSSR count). The Morgan fingerprint density at radius 3 is 2.19 bits per heavy atom. The number of amides is 1. The van der Waals surface area contributed by atoms with Crippen LogP contribution < -0.4 is 14.4 Å². The van der Waals surface area contributed by atoms with Gasteiger partial charge in [-0.2, -0.15) is 0 Å². The predicted molar refractivity (Wildman–Crippen MR) is 180 cm³/mol. The van der Waals surface area contributed by atoms with Gasteiger partial charge in [0, 0.05) is 26.3 Å². The van der Waals surface area contributed by atoms with E-state index in [1.54, 1.807) is 25.1 Å². The molecule has 11 nitrogen and oxygen atoms in total. The summed E-state index contributed by atoms with van der Waals surface area (Å²) in [6, 6.07) is 25.5. The number of terminal acetylenes is 1. The Bertz CT molecular complexity index is 1840. The number of aromatic nitrogens is 4. The molecule has 5 aromatic rings. The van der Waals surface area contributed by atoms with E-state index in [0.717, 1.165) is 28.2 Å². The summed E-state index contributed by atoms with van der Waals surface area (Å²) in [7, 11) is 3.26. The molecule has 2 aromatic heterocycles. The van der Waals surface area contributed by atoms with E-state index in [0.29, 0.717) is 29.9 Å². The Kier molecular flexibility index (Phi) is 9.68. The van der Waals surface area contributed by atoms with Gasteiger partial charge in [0.05, 0.1) is 33.3 Å². The Labute approximate surface area is 279 Å². The van der Waals surface area contributed by atoms with Crippen molar-refractivity contribution in [3.8, 4) is 23.8 Å². The van der Waals surface area contributed by atoms with Crippen molar-refractivity contribution in [2.24, 2.45) is 0 Å². The lowest BCUT2D eigenvalue weighted by Gasteiger charge is -2.37. The minimum absolute atomic E-state index is 0.0572. The molecule has 1 amide bonds. The average Bonchev–Trinajstić information content (AvgIpc) is 3.73. The van der Waals surface area contributed by atoms with Crippen LogP contribution in [0.2, 0.25) is 0 Å². The number of nitrogens with zero attached hydrogens (tertiary/aromatic N) is 5. The molecule has 48 heavy (non-hydrogen) atoms. The topological polar surface area (TPSA) is 121 Å². The molecule has 0 aliphatic carbocycles. The molecule has 11 heteroatoms. The number of benzene rings is 3. The molecule has 0 unspecified atom stereocenters. The van der Waals surface area contributed by atoms with E-state index >= 15 is 0 Å². The van der Waals surface area contributed by atoms with Crippen molar-refractivity contribution in [3.05, 3.63) is 108 Å². The molecule has 0 radical (unpaired) electrons. The van der Waals surface area contributed by atoms with Crippen LogP contribution in [0.4, 0.5) is 5.82 Å². The van der Waals surface area contributed by atoms with E-state index < -0.39 is 24.0 Å². The van der Waals surface area contributed by atoms with Gasteiger partial charge in [0.2, 0.25) is 5.91 Å².